The molecule has 1 amide bonds. The van der Waals surface area contributed by atoms with E-state index in [1.165, 1.54) is 16.9 Å². The van der Waals surface area contributed by atoms with Gasteiger partial charge in [0.25, 0.3) is 5.91 Å². The lowest BCUT2D eigenvalue weighted by Gasteiger charge is -2.03. The van der Waals surface area contributed by atoms with Gasteiger partial charge in [0.05, 0.1) is 10.6 Å². The molecule has 0 saturated carbocycles. The molecule has 4 rings (SSSR count). The number of aromatic nitrogens is 2. The summed E-state index contributed by atoms with van der Waals surface area (Å²) in [6.45, 7) is 2.94. The lowest BCUT2D eigenvalue weighted by Crippen LogP contribution is -2.28. The van der Waals surface area contributed by atoms with Crippen molar-refractivity contribution in [2.45, 2.75) is 6.92 Å². The molecule has 5 nitrogen and oxygen atoms in total. The number of nitrogens with two attached hydrogens (primary N) is 1. The second-order valence-electron chi connectivity index (χ2n) is 6.34. The van der Waals surface area contributed by atoms with Crippen molar-refractivity contribution in [2.24, 2.45) is 5.73 Å². The first-order valence-electron chi connectivity index (χ1n) is 8.80. The molecule has 0 aliphatic carbocycles. The molecule has 0 aliphatic heterocycles. The maximum atomic E-state index is 12.4. The summed E-state index contributed by atoms with van der Waals surface area (Å²) in [5.41, 5.74) is 9.57. The molecule has 0 spiro atoms. The minimum Gasteiger partial charge on any atom is -0.350 e. The zero-order valence-corrected chi connectivity index (χ0v) is 15.8. The normalized spacial score (nSPS) is 11.0. The van der Waals surface area contributed by atoms with Crippen molar-refractivity contribution in [3.63, 3.8) is 0 Å². The molecule has 0 atom stereocenters. The zero-order chi connectivity index (χ0) is 18.8. The van der Waals surface area contributed by atoms with Crippen LogP contribution in [0.1, 0.15) is 15.2 Å². The molecule has 4 aromatic rings. The first kappa shape index (κ1) is 17.5. The fourth-order valence-corrected chi connectivity index (χ4v) is 4.01. The van der Waals surface area contributed by atoms with Crippen LogP contribution in [0.15, 0.2) is 60.7 Å². The minimum absolute atomic E-state index is 0.101. The third-order valence-corrected chi connectivity index (χ3v) is 5.45. The highest BCUT2D eigenvalue weighted by molar-refractivity contribution is 7.20. The maximum Gasteiger partial charge on any atom is 0.261 e. The van der Waals surface area contributed by atoms with Crippen LogP contribution in [0, 0.1) is 6.92 Å². The molecule has 6 heteroatoms. The molecule has 2 aromatic heterocycles. The predicted molar refractivity (Wildman–Crippen MR) is 111 cm³/mol. The van der Waals surface area contributed by atoms with E-state index in [9.17, 15) is 4.79 Å². The molecule has 0 bridgehead atoms. The molecular formula is C21H20N4OS. The summed E-state index contributed by atoms with van der Waals surface area (Å²) in [6, 6.07) is 20.2. The van der Waals surface area contributed by atoms with Crippen LogP contribution in [0.3, 0.4) is 0 Å². The second-order valence-corrected chi connectivity index (χ2v) is 7.37. The van der Waals surface area contributed by atoms with E-state index < -0.39 is 0 Å². The lowest BCUT2D eigenvalue weighted by atomic mass is 10.1. The van der Waals surface area contributed by atoms with Crippen LogP contribution >= 0.6 is 11.3 Å². The number of nitrogens with zero attached hydrogens (tertiary/aromatic N) is 2. The first-order valence-corrected chi connectivity index (χ1v) is 9.62. The molecule has 0 unspecified atom stereocenters. The zero-order valence-electron chi connectivity index (χ0n) is 15.0. The van der Waals surface area contributed by atoms with Crippen molar-refractivity contribution in [3.05, 3.63) is 71.1 Å². The summed E-state index contributed by atoms with van der Waals surface area (Å²) in [7, 11) is 0. The first-order chi connectivity index (χ1) is 13.2. The number of amides is 1. The monoisotopic (exact) mass is 376 g/mol. The number of fused-ring (bicyclic) bond motifs is 1. The van der Waals surface area contributed by atoms with E-state index in [4.69, 9.17) is 10.8 Å². The Hall–Kier alpha value is -2.96. The SMILES string of the molecule is Cc1ccc(-n2nc(-c3ccccc3)c3cc(C(=O)NCCN)sc32)cc1. The van der Waals surface area contributed by atoms with E-state index in [2.05, 4.69) is 24.4 Å². The van der Waals surface area contributed by atoms with E-state index in [-0.39, 0.29) is 5.91 Å². The van der Waals surface area contributed by atoms with Gasteiger partial charge in [-0.3, -0.25) is 4.79 Å². The van der Waals surface area contributed by atoms with Crippen molar-refractivity contribution >= 4 is 27.5 Å². The molecule has 136 valence electrons. The van der Waals surface area contributed by atoms with Crippen molar-refractivity contribution in [2.75, 3.05) is 13.1 Å². The Bertz CT molecular complexity index is 1080. The largest absolute Gasteiger partial charge is 0.350 e. The molecular weight excluding hydrogens is 356 g/mol. The number of benzene rings is 2. The molecule has 2 aromatic carbocycles. The molecule has 0 fully saturated rings. The maximum absolute atomic E-state index is 12.4. The van der Waals surface area contributed by atoms with Gasteiger partial charge >= 0.3 is 0 Å². The van der Waals surface area contributed by atoms with Crippen LogP contribution in [-0.4, -0.2) is 28.8 Å². The highest BCUT2D eigenvalue weighted by Crippen LogP contribution is 2.35. The van der Waals surface area contributed by atoms with Crippen LogP contribution in [0.2, 0.25) is 0 Å². The third kappa shape index (κ3) is 3.37. The summed E-state index contributed by atoms with van der Waals surface area (Å²) >= 11 is 1.44. The summed E-state index contributed by atoms with van der Waals surface area (Å²) < 4.78 is 1.92. The number of nitrogens with one attached hydrogen (secondary N) is 1. The average molecular weight is 376 g/mol. The lowest BCUT2D eigenvalue weighted by molar-refractivity contribution is 0.0959. The Kier molecular flexibility index (Phi) is 4.75. The highest BCUT2D eigenvalue weighted by atomic mass is 32.1. The van der Waals surface area contributed by atoms with E-state index >= 15 is 0 Å². The Morgan fingerprint density at radius 2 is 1.89 bits per heavy atom. The Labute approximate surface area is 161 Å². The van der Waals surface area contributed by atoms with Crippen molar-refractivity contribution in [3.8, 4) is 16.9 Å². The van der Waals surface area contributed by atoms with Gasteiger partial charge in [0.15, 0.2) is 0 Å². The number of thiophene rings is 1. The van der Waals surface area contributed by atoms with Crippen LogP contribution < -0.4 is 11.1 Å². The van der Waals surface area contributed by atoms with Gasteiger partial charge in [0.2, 0.25) is 0 Å². The summed E-state index contributed by atoms with van der Waals surface area (Å²) in [5.74, 6) is -0.101. The predicted octanol–water partition coefficient (Wildman–Crippen LogP) is 3.75. The number of hydrogen-bond donors (Lipinski definition) is 2. The number of hydrogen-bond acceptors (Lipinski definition) is 4. The number of carbonyl (C=O) groups is 1. The van der Waals surface area contributed by atoms with Gasteiger partial charge in [-0.1, -0.05) is 48.0 Å². The van der Waals surface area contributed by atoms with E-state index in [0.29, 0.717) is 18.0 Å². The van der Waals surface area contributed by atoms with E-state index in [1.807, 2.05) is 53.2 Å². The fourth-order valence-electron chi connectivity index (χ4n) is 2.96. The molecule has 0 radical (unpaired) electrons. The van der Waals surface area contributed by atoms with Crippen molar-refractivity contribution in [1.82, 2.24) is 15.1 Å². The molecule has 3 N–H and O–H groups in total. The third-order valence-electron chi connectivity index (χ3n) is 4.34. The fraction of sp³-hybridized carbons (Fsp3) is 0.143. The van der Waals surface area contributed by atoms with Gasteiger partial charge in [-0.2, -0.15) is 5.10 Å². The average Bonchev–Trinajstić information content (AvgIpc) is 3.27. The van der Waals surface area contributed by atoms with E-state index in [1.54, 1.807) is 0 Å². The van der Waals surface area contributed by atoms with Crippen LogP contribution in [0.4, 0.5) is 0 Å². The standard InChI is InChI=1S/C21H20N4OS/c1-14-7-9-16(10-8-14)25-21-17(13-18(27-21)20(26)23-12-11-22)19(24-25)15-5-3-2-4-6-15/h2-10,13H,11-12,22H2,1H3,(H,23,26). The Morgan fingerprint density at radius 3 is 2.59 bits per heavy atom. The number of carbonyl (C=O) groups excluding carboxylic acids is 1. The smallest absolute Gasteiger partial charge is 0.261 e. The Morgan fingerprint density at radius 1 is 1.15 bits per heavy atom. The molecule has 0 saturated heterocycles. The van der Waals surface area contributed by atoms with Crippen LogP contribution in [0.25, 0.3) is 27.2 Å². The minimum atomic E-state index is -0.101. The number of rotatable bonds is 5. The van der Waals surface area contributed by atoms with Crippen LogP contribution in [0.5, 0.6) is 0 Å². The Balaban J connectivity index is 1.88. The second kappa shape index (κ2) is 7.34. The van der Waals surface area contributed by atoms with Gasteiger partial charge in [0, 0.05) is 24.0 Å². The quantitative estimate of drug-likeness (QED) is 0.557. The van der Waals surface area contributed by atoms with Crippen molar-refractivity contribution < 1.29 is 4.79 Å². The molecule has 2 heterocycles. The topological polar surface area (TPSA) is 72.9 Å². The summed E-state index contributed by atoms with van der Waals surface area (Å²) in [4.78, 5) is 14.0. The summed E-state index contributed by atoms with van der Waals surface area (Å²) in [5, 5.41) is 8.68. The van der Waals surface area contributed by atoms with E-state index in [0.717, 1.165) is 27.2 Å². The summed E-state index contributed by atoms with van der Waals surface area (Å²) in [6.07, 6.45) is 0. The van der Waals surface area contributed by atoms with Crippen molar-refractivity contribution in [1.29, 1.82) is 0 Å². The highest BCUT2D eigenvalue weighted by Gasteiger charge is 2.19. The van der Waals surface area contributed by atoms with Gasteiger partial charge in [0.1, 0.15) is 10.5 Å². The van der Waals surface area contributed by atoms with Gasteiger partial charge in [-0.25, -0.2) is 4.68 Å². The molecule has 0 aliphatic rings. The van der Waals surface area contributed by atoms with Crippen LogP contribution in [-0.2, 0) is 0 Å². The van der Waals surface area contributed by atoms with Gasteiger partial charge in [-0.15, -0.1) is 11.3 Å². The van der Waals surface area contributed by atoms with Gasteiger partial charge in [-0.05, 0) is 25.1 Å². The molecule has 27 heavy (non-hydrogen) atoms. The number of aryl methyl sites for hydroxylation is 1. The van der Waals surface area contributed by atoms with Gasteiger partial charge < -0.3 is 11.1 Å².